The molecule has 0 bridgehead atoms. The van der Waals surface area contributed by atoms with Crippen LogP contribution in [0.15, 0.2) is 12.4 Å². The molecule has 0 fully saturated rings. The van der Waals surface area contributed by atoms with Crippen molar-refractivity contribution in [3.63, 3.8) is 0 Å². The van der Waals surface area contributed by atoms with Crippen molar-refractivity contribution in [1.29, 1.82) is 0 Å². The van der Waals surface area contributed by atoms with Gasteiger partial charge in [0.25, 0.3) is 0 Å². The van der Waals surface area contributed by atoms with Gasteiger partial charge in [0.2, 0.25) is 0 Å². The standard InChI is InChI=1S/C8H12N2O3/c1-2-13-8(12)3-4-10-6-7(11)5-9-10/h5-6,11H,2-4H2,1H3. The quantitative estimate of drug-likeness (QED) is 0.694. The van der Waals surface area contributed by atoms with Gasteiger partial charge >= 0.3 is 5.97 Å². The molecule has 1 aromatic rings. The van der Waals surface area contributed by atoms with Crippen molar-refractivity contribution >= 4 is 5.97 Å². The first kappa shape index (κ1) is 9.57. The normalized spacial score (nSPS) is 9.92. The maximum atomic E-state index is 10.9. The van der Waals surface area contributed by atoms with Gasteiger partial charge in [0.15, 0.2) is 5.75 Å². The first-order valence-corrected chi connectivity index (χ1v) is 4.09. The monoisotopic (exact) mass is 184 g/mol. The largest absolute Gasteiger partial charge is 0.505 e. The van der Waals surface area contributed by atoms with Crippen LogP contribution in [0.4, 0.5) is 0 Å². The summed E-state index contributed by atoms with van der Waals surface area (Å²) in [6.45, 7) is 2.58. The van der Waals surface area contributed by atoms with Gasteiger partial charge in [-0.25, -0.2) is 0 Å². The van der Waals surface area contributed by atoms with E-state index >= 15 is 0 Å². The fraction of sp³-hybridized carbons (Fsp3) is 0.500. The van der Waals surface area contributed by atoms with Crippen LogP contribution >= 0.6 is 0 Å². The third kappa shape index (κ3) is 3.14. The lowest BCUT2D eigenvalue weighted by Crippen LogP contribution is -2.09. The summed E-state index contributed by atoms with van der Waals surface area (Å²) in [7, 11) is 0. The summed E-state index contributed by atoms with van der Waals surface area (Å²) >= 11 is 0. The minimum atomic E-state index is -0.252. The smallest absolute Gasteiger partial charge is 0.307 e. The number of hydrogen-bond donors (Lipinski definition) is 1. The molecule has 5 heteroatoms. The van der Waals surface area contributed by atoms with Crippen LogP contribution in [-0.4, -0.2) is 27.5 Å². The molecule has 1 N–H and O–H groups in total. The molecular formula is C8H12N2O3. The Bertz CT molecular complexity index is 283. The van der Waals surface area contributed by atoms with Gasteiger partial charge in [-0.2, -0.15) is 5.10 Å². The molecular weight excluding hydrogens is 172 g/mol. The van der Waals surface area contributed by atoms with E-state index in [4.69, 9.17) is 9.84 Å². The summed E-state index contributed by atoms with van der Waals surface area (Å²) in [6.07, 6.45) is 3.05. The fourth-order valence-corrected chi connectivity index (χ4v) is 0.914. The van der Waals surface area contributed by atoms with E-state index in [9.17, 15) is 4.79 Å². The summed E-state index contributed by atoms with van der Waals surface area (Å²) in [4.78, 5) is 10.9. The summed E-state index contributed by atoms with van der Waals surface area (Å²) in [5, 5.41) is 12.7. The molecule has 0 aromatic carbocycles. The van der Waals surface area contributed by atoms with Crippen molar-refractivity contribution in [2.45, 2.75) is 19.9 Å². The molecule has 0 atom stereocenters. The van der Waals surface area contributed by atoms with Gasteiger partial charge in [0, 0.05) is 0 Å². The van der Waals surface area contributed by atoms with Crippen molar-refractivity contribution in [2.75, 3.05) is 6.61 Å². The van der Waals surface area contributed by atoms with Gasteiger partial charge in [-0.3, -0.25) is 9.48 Å². The molecule has 13 heavy (non-hydrogen) atoms. The predicted octanol–water partition coefficient (Wildman–Crippen LogP) is 0.542. The summed E-state index contributed by atoms with van der Waals surface area (Å²) in [6, 6.07) is 0. The fourth-order valence-electron chi connectivity index (χ4n) is 0.914. The SMILES string of the molecule is CCOC(=O)CCn1cc(O)cn1. The van der Waals surface area contributed by atoms with Gasteiger partial charge in [0.1, 0.15) is 0 Å². The highest BCUT2D eigenvalue weighted by molar-refractivity contribution is 5.69. The molecule has 1 aromatic heterocycles. The second-order valence-electron chi connectivity index (χ2n) is 2.52. The Labute approximate surface area is 75.9 Å². The van der Waals surface area contributed by atoms with Crippen LogP contribution in [0.3, 0.4) is 0 Å². The number of rotatable bonds is 4. The topological polar surface area (TPSA) is 64.3 Å². The van der Waals surface area contributed by atoms with E-state index in [1.54, 1.807) is 6.92 Å². The Balaban J connectivity index is 2.30. The zero-order valence-electron chi connectivity index (χ0n) is 7.43. The van der Waals surface area contributed by atoms with Crippen LogP contribution in [-0.2, 0) is 16.1 Å². The number of ether oxygens (including phenoxy) is 1. The molecule has 0 amide bonds. The summed E-state index contributed by atoms with van der Waals surface area (Å²) in [5.41, 5.74) is 0. The van der Waals surface area contributed by atoms with Crippen molar-refractivity contribution in [1.82, 2.24) is 9.78 Å². The van der Waals surface area contributed by atoms with E-state index < -0.39 is 0 Å². The van der Waals surface area contributed by atoms with Crippen LogP contribution in [0.1, 0.15) is 13.3 Å². The second-order valence-corrected chi connectivity index (χ2v) is 2.52. The lowest BCUT2D eigenvalue weighted by Gasteiger charge is -2.01. The number of aromatic nitrogens is 2. The van der Waals surface area contributed by atoms with E-state index in [1.807, 2.05) is 0 Å². The maximum Gasteiger partial charge on any atom is 0.307 e. The van der Waals surface area contributed by atoms with Crippen LogP contribution in [0.2, 0.25) is 0 Å². The van der Waals surface area contributed by atoms with Crippen molar-refractivity contribution in [3.05, 3.63) is 12.4 Å². The molecule has 0 saturated heterocycles. The summed E-state index contributed by atoms with van der Waals surface area (Å²) < 4.78 is 6.22. The highest BCUT2D eigenvalue weighted by atomic mass is 16.5. The molecule has 1 heterocycles. The molecule has 0 aliphatic rings. The van der Waals surface area contributed by atoms with E-state index in [2.05, 4.69) is 5.10 Å². The van der Waals surface area contributed by atoms with Crippen molar-refractivity contribution < 1.29 is 14.6 Å². The number of aromatic hydroxyl groups is 1. The van der Waals surface area contributed by atoms with Crippen molar-refractivity contribution in [2.24, 2.45) is 0 Å². The Morgan fingerprint density at radius 3 is 3.08 bits per heavy atom. The Kier molecular flexibility index (Phi) is 3.31. The number of hydrogen-bond acceptors (Lipinski definition) is 4. The zero-order chi connectivity index (χ0) is 9.68. The number of nitrogens with zero attached hydrogens (tertiary/aromatic N) is 2. The van der Waals surface area contributed by atoms with Gasteiger partial charge in [0.05, 0.1) is 32.0 Å². The van der Waals surface area contributed by atoms with Crippen LogP contribution in [0.25, 0.3) is 0 Å². The molecule has 0 aliphatic carbocycles. The van der Waals surface area contributed by atoms with Gasteiger partial charge in [-0.1, -0.05) is 0 Å². The van der Waals surface area contributed by atoms with Gasteiger partial charge in [-0.15, -0.1) is 0 Å². The lowest BCUT2D eigenvalue weighted by molar-refractivity contribution is -0.143. The van der Waals surface area contributed by atoms with E-state index in [1.165, 1.54) is 17.1 Å². The number of carbonyl (C=O) groups excluding carboxylic acids is 1. The van der Waals surface area contributed by atoms with Gasteiger partial charge in [-0.05, 0) is 6.92 Å². The van der Waals surface area contributed by atoms with E-state index in [0.717, 1.165) is 0 Å². The lowest BCUT2D eigenvalue weighted by atomic mass is 10.4. The highest BCUT2D eigenvalue weighted by Gasteiger charge is 2.02. The number of carbonyl (C=O) groups is 1. The van der Waals surface area contributed by atoms with E-state index in [-0.39, 0.29) is 18.1 Å². The number of esters is 1. The molecule has 0 spiro atoms. The third-order valence-electron chi connectivity index (χ3n) is 1.47. The van der Waals surface area contributed by atoms with Crippen LogP contribution in [0, 0.1) is 0 Å². The number of aryl methyl sites for hydroxylation is 1. The zero-order valence-corrected chi connectivity index (χ0v) is 7.43. The van der Waals surface area contributed by atoms with Crippen molar-refractivity contribution in [3.8, 4) is 5.75 Å². The molecule has 0 saturated carbocycles. The molecule has 0 aliphatic heterocycles. The van der Waals surface area contributed by atoms with Gasteiger partial charge < -0.3 is 9.84 Å². The first-order valence-electron chi connectivity index (χ1n) is 4.09. The van der Waals surface area contributed by atoms with E-state index in [0.29, 0.717) is 13.2 Å². The average Bonchev–Trinajstić information content (AvgIpc) is 2.49. The molecule has 72 valence electrons. The Morgan fingerprint density at radius 2 is 2.54 bits per heavy atom. The van der Waals surface area contributed by atoms with Crippen LogP contribution < -0.4 is 0 Å². The first-order chi connectivity index (χ1) is 6.22. The molecule has 1 rings (SSSR count). The van der Waals surface area contributed by atoms with Crippen LogP contribution in [0.5, 0.6) is 5.75 Å². The average molecular weight is 184 g/mol. The Hall–Kier alpha value is -1.52. The second kappa shape index (κ2) is 4.49. The third-order valence-corrected chi connectivity index (χ3v) is 1.47. The highest BCUT2D eigenvalue weighted by Crippen LogP contribution is 2.04. The predicted molar refractivity (Wildman–Crippen MR) is 45.1 cm³/mol. The Morgan fingerprint density at radius 1 is 1.77 bits per heavy atom. The molecule has 0 radical (unpaired) electrons. The minimum Gasteiger partial charge on any atom is -0.505 e. The minimum absolute atomic E-state index is 0.101. The molecule has 5 nitrogen and oxygen atoms in total. The molecule has 0 unspecified atom stereocenters. The maximum absolute atomic E-state index is 10.9. The summed E-state index contributed by atoms with van der Waals surface area (Å²) in [5.74, 6) is -0.152.